The molecule has 22 nitrogen and oxygen atoms in total. The van der Waals surface area contributed by atoms with Gasteiger partial charge >= 0.3 is 13.2 Å². The van der Waals surface area contributed by atoms with Crippen LogP contribution >= 0.6 is 0 Å². The Balaban J connectivity index is 0.000000195. The summed E-state index contributed by atoms with van der Waals surface area (Å²) < 4.78 is 108. The normalized spacial score (nSPS) is 13.4. The van der Waals surface area contributed by atoms with Crippen LogP contribution in [0.25, 0.3) is 33.8 Å². The van der Waals surface area contributed by atoms with Crippen LogP contribution in [0.2, 0.25) is 0 Å². The van der Waals surface area contributed by atoms with Crippen LogP contribution in [-0.2, 0) is 19.0 Å². The first-order chi connectivity index (χ1) is 41.7. The summed E-state index contributed by atoms with van der Waals surface area (Å²) in [4.78, 5) is 51.4. The topological polar surface area (TPSA) is 252 Å². The summed E-state index contributed by atoms with van der Waals surface area (Å²) >= 11 is 0. The van der Waals surface area contributed by atoms with Crippen molar-refractivity contribution in [2.45, 2.75) is 65.0 Å². The van der Waals surface area contributed by atoms with E-state index in [9.17, 15) is 40.7 Å². The zero-order valence-electron chi connectivity index (χ0n) is 47.1. The predicted octanol–water partition coefficient (Wildman–Crippen LogP) is 10.7. The first-order valence-electron chi connectivity index (χ1n) is 26.8. The number of benzene rings is 4. The lowest BCUT2D eigenvalue weighted by molar-refractivity contribution is -0.0501. The van der Waals surface area contributed by atoms with Gasteiger partial charge in [-0.3, -0.25) is 24.2 Å². The number of anilines is 2. The number of ether oxygens (including phenoxy) is 4. The van der Waals surface area contributed by atoms with Crippen LogP contribution in [0, 0.1) is 6.92 Å². The van der Waals surface area contributed by atoms with E-state index in [4.69, 9.17) is 25.0 Å². The van der Waals surface area contributed by atoms with Crippen LogP contribution in [0.15, 0.2) is 135 Å². The number of rotatable bonds is 19. The molecule has 0 aliphatic carbocycles. The Morgan fingerprint density at radius 2 is 1.32 bits per heavy atom. The minimum Gasteiger partial charge on any atom is -0.457 e. The van der Waals surface area contributed by atoms with Crippen LogP contribution in [0.3, 0.4) is 0 Å². The summed E-state index contributed by atoms with van der Waals surface area (Å²) in [6.45, 7) is -2.35. The Morgan fingerprint density at radius 1 is 0.759 bits per heavy atom. The molecule has 1 saturated heterocycles. The third-order valence-corrected chi connectivity index (χ3v) is 14.0. The van der Waals surface area contributed by atoms with Crippen molar-refractivity contribution in [2.75, 3.05) is 38.3 Å². The molecule has 3 amide bonds. The second-order valence-corrected chi connectivity index (χ2v) is 20.2. The maximum Gasteiger partial charge on any atom is 0.387 e. The zero-order valence-corrected chi connectivity index (χ0v) is 47.1. The first kappa shape index (κ1) is 59.8. The first-order valence-corrected chi connectivity index (χ1v) is 26.8. The maximum atomic E-state index is 13.9. The second-order valence-electron chi connectivity index (χ2n) is 20.2. The van der Waals surface area contributed by atoms with Gasteiger partial charge in [-0.25, -0.2) is 27.8 Å². The van der Waals surface area contributed by atoms with E-state index in [1.54, 1.807) is 73.9 Å². The minimum absolute atomic E-state index is 0.0827. The monoisotopic (exact) mass is 1200 g/mol. The van der Waals surface area contributed by atoms with Crippen molar-refractivity contribution in [3.05, 3.63) is 168 Å². The van der Waals surface area contributed by atoms with E-state index in [0.29, 0.717) is 29.2 Å². The van der Waals surface area contributed by atoms with Gasteiger partial charge in [-0.1, -0.05) is 6.07 Å². The summed E-state index contributed by atoms with van der Waals surface area (Å²) in [5, 5.41) is 25.2. The van der Waals surface area contributed by atoms with E-state index in [1.165, 1.54) is 93.3 Å². The molecule has 87 heavy (non-hydrogen) atoms. The summed E-state index contributed by atoms with van der Waals surface area (Å²) in [7, 11) is 5.37. The van der Waals surface area contributed by atoms with E-state index < -0.39 is 31.0 Å². The van der Waals surface area contributed by atoms with Crippen LogP contribution in [0.5, 0.6) is 34.5 Å². The van der Waals surface area contributed by atoms with Gasteiger partial charge in [-0.05, 0) is 123 Å². The molecule has 1 aliphatic rings. The number of H-pyrrole nitrogens is 1. The highest BCUT2D eigenvalue weighted by molar-refractivity contribution is 6.10. The Bertz CT molecular complexity index is 4140. The number of hydrogen-bond donors (Lipinski definition) is 4. The molecule has 6 aromatic heterocycles. The third kappa shape index (κ3) is 13.6. The van der Waals surface area contributed by atoms with Crippen LogP contribution < -0.4 is 35.3 Å². The lowest BCUT2D eigenvalue weighted by atomic mass is 10.0. The third-order valence-electron chi connectivity index (χ3n) is 14.0. The SMILES string of the molecule is CC(F)(F)c1ccc(Oc2ccc(OC(F)F)c(-c3[nH]ncc3NC(=O)c3cnn4cccnc34)c2)cc1CN.Cc1ccc(Oc2ccc(OC(F)F)c(-c3nn(C[C@@H]4CCCN4C)cc3NC(=O)c3cnn4cccnc34)c2)cc1C(=O)N(C)C. The van der Waals surface area contributed by atoms with Crippen molar-refractivity contribution in [3.63, 3.8) is 0 Å². The number of likely N-dealkylation sites (N-methyl/N-ethyl adjacent to an activating group) is 1. The number of aromatic nitrogens is 10. The molecule has 0 bridgehead atoms. The highest BCUT2D eigenvalue weighted by Gasteiger charge is 2.29. The van der Waals surface area contributed by atoms with Crippen LogP contribution in [0.4, 0.5) is 37.7 Å². The molecule has 0 unspecified atom stereocenters. The Hall–Kier alpha value is -10.4. The van der Waals surface area contributed by atoms with Crippen molar-refractivity contribution in [1.29, 1.82) is 0 Å². The number of fused-ring (bicyclic) bond motifs is 2. The van der Waals surface area contributed by atoms with Gasteiger partial charge in [0.1, 0.15) is 51.3 Å². The quantitative estimate of drug-likeness (QED) is 0.0550. The molecule has 28 heteroatoms. The van der Waals surface area contributed by atoms with Crippen molar-refractivity contribution in [1.82, 2.24) is 59.0 Å². The van der Waals surface area contributed by atoms with Gasteiger partial charge in [0.2, 0.25) is 0 Å². The molecule has 0 saturated carbocycles. The number of amides is 3. The van der Waals surface area contributed by atoms with E-state index in [2.05, 4.69) is 50.6 Å². The number of halogens is 6. The van der Waals surface area contributed by atoms with Gasteiger partial charge in [0.15, 0.2) is 11.3 Å². The number of nitrogens with zero attached hydrogens (tertiary/aromatic N) is 11. The molecule has 1 atom stereocenters. The van der Waals surface area contributed by atoms with E-state index in [1.807, 2.05) is 14.0 Å². The van der Waals surface area contributed by atoms with Gasteiger partial charge in [0.25, 0.3) is 23.6 Å². The Labute approximate surface area is 491 Å². The molecule has 0 radical (unpaired) electrons. The molecule has 11 rings (SSSR count). The number of nitrogens with two attached hydrogens (primary N) is 1. The molecule has 1 aliphatic heterocycles. The lowest BCUT2D eigenvalue weighted by Crippen LogP contribution is -2.29. The summed E-state index contributed by atoms with van der Waals surface area (Å²) in [5.41, 5.74) is 8.94. The summed E-state index contributed by atoms with van der Waals surface area (Å²) in [5.74, 6) is -3.73. The number of carbonyl (C=O) groups is 3. The van der Waals surface area contributed by atoms with Gasteiger partial charge in [0, 0.05) is 81.3 Å². The van der Waals surface area contributed by atoms with Crippen molar-refractivity contribution < 1.29 is 59.7 Å². The molecule has 450 valence electrons. The largest absolute Gasteiger partial charge is 0.457 e. The average Bonchev–Trinajstić information content (AvgIpc) is 4.24. The summed E-state index contributed by atoms with van der Waals surface area (Å²) in [6, 6.07) is 21.0. The van der Waals surface area contributed by atoms with E-state index in [-0.39, 0.29) is 103 Å². The molecular formula is C59H55F6N15O7. The fraction of sp³-hybridized carbons (Fsp3) is 0.237. The average molecular weight is 1200 g/mol. The molecule has 1 fully saturated rings. The number of nitrogens with one attached hydrogen (secondary N) is 3. The molecule has 4 aromatic carbocycles. The van der Waals surface area contributed by atoms with Crippen molar-refractivity contribution in [2.24, 2.45) is 5.73 Å². The fourth-order valence-electron chi connectivity index (χ4n) is 9.73. The number of likely N-dealkylation sites (tertiary alicyclic amines) is 1. The predicted molar refractivity (Wildman–Crippen MR) is 306 cm³/mol. The molecule has 0 spiro atoms. The van der Waals surface area contributed by atoms with E-state index >= 15 is 0 Å². The standard InChI is InChI=1S/C33H34F2N8O4.C26H21F4N7O3/c1-20-8-9-22(15-24(20)32(45)40(2)3)46-23-10-11-28(47-33(34)35)25(16-23)29-27(19-42(39-29)18-21-7-5-13-41(21)4)38-31(44)26-17-37-43-14-6-12-36-30(26)43;1-26(29,30)19-5-3-15(9-14(19)11-31)39-16-4-6-21(40-25(27)28)17(10-16)22-20(13-33-36-22)35-24(38)18-12-34-37-8-2-7-32-23(18)37/h6,8-12,14-17,19,21,33H,5,7,13,18H2,1-4H3,(H,38,44);2-10,12-13,25H,11,31H2,1H3,(H,33,36)(H,35,38)/t21-;/m0./s1. The van der Waals surface area contributed by atoms with Crippen LogP contribution in [0.1, 0.15) is 67.5 Å². The zero-order chi connectivity index (χ0) is 61.7. The van der Waals surface area contributed by atoms with Gasteiger partial charge < -0.3 is 45.1 Å². The van der Waals surface area contributed by atoms with Crippen molar-refractivity contribution in [3.8, 4) is 57.0 Å². The van der Waals surface area contributed by atoms with Gasteiger partial charge in [-0.2, -0.15) is 38.0 Å². The Kier molecular flexibility index (Phi) is 17.5. The Morgan fingerprint density at radius 3 is 1.90 bits per heavy atom. The number of alkyl halides is 6. The van der Waals surface area contributed by atoms with E-state index in [0.717, 1.165) is 31.9 Å². The highest BCUT2D eigenvalue weighted by atomic mass is 19.3. The van der Waals surface area contributed by atoms with Crippen molar-refractivity contribution >= 4 is 40.4 Å². The highest BCUT2D eigenvalue weighted by Crippen LogP contribution is 2.42. The number of aromatic amines is 1. The number of aryl methyl sites for hydroxylation is 1. The molecular weight excluding hydrogens is 1140 g/mol. The van der Waals surface area contributed by atoms with Gasteiger partial charge in [-0.15, -0.1) is 0 Å². The fourth-order valence-corrected chi connectivity index (χ4v) is 9.73. The van der Waals surface area contributed by atoms with Crippen LogP contribution in [-0.4, -0.2) is 124 Å². The molecule has 10 aromatic rings. The maximum absolute atomic E-state index is 13.9. The molecule has 5 N–H and O–H groups in total. The second kappa shape index (κ2) is 25.5. The summed E-state index contributed by atoms with van der Waals surface area (Å²) in [6.07, 6.45) is 14.1. The van der Waals surface area contributed by atoms with Gasteiger partial charge in [0.05, 0.1) is 47.8 Å². The number of carbonyl (C=O) groups excluding carboxylic acids is 3. The smallest absolute Gasteiger partial charge is 0.387 e. The lowest BCUT2D eigenvalue weighted by Gasteiger charge is -2.19. The minimum atomic E-state index is -3.15. The number of hydrogen-bond acceptors (Lipinski definition) is 15. The molecule has 7 heterocycles.